The lowest BCUT2D eigenvalue weighted by molar-refractivity contribution is 0.636. The lowest BCUT2D eigenvalue weighted by Gasteiger charge is -2.06. The molecule has 0 saturated carbocycles. The van der Waals surface area contributed by atoms with Gasteiger partial charge < -0.3 is 0 Å². The Balaban J connectivity index is 0. The van der Waals surface area contributed by atoms with Crippen LogP contribution in [0.4, 0.5) is 4.39 Å². The van der Waals surface area contributed by atoms with Gasteiger partial charge in [-0.05, 0) is 23.5 Å². The van der Waals surface area contributed by atoms with Gasteiger partial charge in [-0.1, -0.05) is 65.3 Å². The van der Waals surface area contributed by atoms with E-state index in [0.717, 1.165) is 0 Å². The number of halogens is 1. The minimum absolute atomic E-state index is 0.500. The van der Waals surface area contributed by atoms with Crippen molar-refractivity contribution in [1.29, 1.82) is 0 Å². The summed E-state index contributed by atoms with van der Waals surface area (Å²) in [5.74, 6) is 0.654. The molecule has 0 atom stereocenters. The third-order valence-corrected chi connectivity index (χ3v) is 2.16. The molecule has 0 nitrogen and oxygen atoms in total. The van der Waals surface area contributed by atoms with Crippen LogP contribution in [0.25, 0.3) is 0 Å². The van der Waals surface area contributed by atoms with E-state index in [0.29, 0.717) is 13.1 Å². The molecule has 0 fully saturated rings. The normalized spacial score (nSPS) is 8.75. The van der Waals surface area contributed by atoms with E-state index >= 15 is 0 Å². The van der Waals surface area contributed by atoms with Crippen LogP contribution in [0.15, 0.2) is 24.3 Å². The molecular weight excluding hydrogens is 199 g/mol. The maximum atomic E-state index is 9.50. The first kappa shape index (κ1) is 17.5. The molecule has 1 aromatic carbocycles. The highest BCUT2D eigenvalue weighted by molar-refractivity contribution is 5.25. The molecule has 0 aromatic heterocycles. The molecule has 0 aliphatic heterocycles. The fourth-order valence-electron chi connectivity index (χ4n) is 1.40. The van der Waals surface area contributed by atoms with Gasteiger partial charge in [0.05, 0.1) is 7.18 Å². The van der Waals surface area contributed by atoms with Gasteiger partial charge in [0.25, 0.3) is 0 Å². The first-order valence-electron chi connectivity index (χ1n) is 6.20. The second-order valence-corrected chi connectivity index (χ2v) is 3.65. The van der Waals surface area contributed by atoms with Crippen LogP contribution < -0.4 is 0 Å². The molecule has 0 spiro atoms. The van der Waals surface area contributed by atoms with Crippen molar-refractivity contribution >= 4 is 0 Å². The van der Waals surface area contributed by atoms with Crippen LogP contribution >= 0.6 is 0 Å². The summed E-state index contributed by atoms with van der Waals surface area (Å²) in [5, 5.41) is 0. The zero-order valence-electron chi connectivity index (χ0n) is 11.7. The van der Waals surface area contributed by atoms with Crippen molar-refractivity contribution in [2.45, 2.75) is 53.4 Å². The molecule has 1 heteroatoms. The Kier molecular flexibility index (Phi) is 13.4. The Morgan fingerprint density at radius 2 is 1.69 bits per heavy atom. The number of alkyl halides is 1. The number of rotatable bonds is 3. The van der Waals surface area contributed by atoms with Gasteiger partial charge in [-0.15, -0.1) is 0 Å². The van der Waals surface area contributed by atoms with Crippen molar-refractivity contribution in [3.8, 4) is 0 Å². The van der Waals surface area contributed by atoms with E-state index in [1.165, 1.54) is 24.0 Å². The Labute approximate surface area is 101 Å². The predicted molar refractivity (Wildman–Crippen MR) is 72.9 cm³/mol. The van der Waals surface area contributed by atoms with Crippen molar-refractivity contribution < 1.29 is 4.39 Å². The zero-order chi connectivity index (χ0) is 13.0. The van der Waals surface area contributed by atoms with Crippen molar-refractivity contribution in [2.75, 3.05) is 7.18 Å². The number of aryl methyl sites for hydroxylation is 1. The standard InChI is InChI=1S/C12H18.C2H6.CH3F/c1-4-6-11-7-5-8-12(9-11)10(2)3;2*1-2/h5,7-10H,4,6H2,1-3H3;1-2H3;1H3. The summed E-state index contributed by atoms with van der Waals surface area (Å²) in [4.78, 5) is 0. The smallest absolute Gasteiger partial charge is 0.0785 e. The van der Waals surface area contributed by atoms with Gasteiger partial charge in [-0.2, -0.15) is 0 Å². The van der Waals surface area contributed by atoms with Crippen LogP contribution in [0.5, 0.6) is 0 Å². The van der Waals surface area contributed by atoms with E-state index in [-0.39, 0.29) is 0 Å². The van der Waals surface area contributed by atoms with E-state index in [2.05, 4.69) is 45.0 Å². The lowest BCUT2D eigenvalue weighted by Crippen LogP contribution is -1.89. The molecule has 16 heavy (non-hydrogen) atoms. The SMILES string of the molecule is CC.CCCc1cccc(C(C)C)c1.CF. The average Bonchev–Trinajstić information content (AvgIpc) is 2.35. The molecular formula is C15H27F. The molecule has 0 bridgehead atoms. The minimum atomic E-state index is 0.500. The van der Waals surface area contributed by atoms with Gasteiger partial charge in [0.1, 0.15) is 0 Å². The monoisotopic (exact) mass is 226 g/mol. The number of hydrogen-bond donors (Lipinski definition) is 0. The van der Waals surface area contributed by atoms with Gasteiger partial charge in [0, 0.05) is 0 Å². The maximum absolute atomic E-state index is 9.50. The van der Waals surface area contributed by atoms with Crippen LogP contribution in [-0.4, -0.2) is 7.18 Å². The molecule has 0 heterocycles. The summed E-state index contributed by atoms with van der Waals surface area (Å²) >= 11 is 0. The van der Waals surface area contributed by atoms with Crippen LogP contribution in [0.1, 0.15) is 58.1 Å². The molecule has 1 aromatic rings. The van der Waals surface area contributed by atoms with Crippen molar-refractivity contribution in [3.05, 3.63) is 35.4 Å². The van der Waals surface area contributed by atoms with Crippen LogP contribution in [0.3, 0.4) is 0 Å². The van der Waals surface area contributed by atoms with Gasteiger partial charge in [-0.3, -0.25) is 4.39 Å². The molecule has 0 unspecified atom stereocenters. The van der Waals surface area contributed by atoms with Gasteiger partial charge in [-0.25, -0.2) is 0 Å². The topological polar surface area (TPSA) is 0 Å². The molecule has 1 rings (SSSR count). The largest absolute Gasteiger partial charge is 0.255 e. The van der Waals surface area contributed by atoms with E-state index in [4.69, 9.17) is 0 Å². The highest BCUT2D eigenvalue weighted by Gasteiger charge is 1.98. The van der Waals surface area contributed by atoms with Gasteiger partial charge in [0.2, 0.25) is 0 Å². The predicted octanol–water partition coefficient (Wildman–Crippen LogP) is 5.37. The zero-order valence-corrected chi connectivity index (χ0v) is 11.7. The summed E-state index contributed by atoms with van der Waals surface area (Å²) in [7, 11) is 0.500. The fourth-order valence-corrected chi connectivity index (χ4v) is 1.40. The molecule has 0 N–H and O–H groups in total. The highest BCUT2D eigenvalue weighted by atomic mass is 19.1. The van der Waals surface area contributed by atoms with Crippen molar-refractivity contribution in [1.82, 2.24) is 0 Å². The van der Waals surface area contributed by atoms with E-state index < -0.39 is 0 Å². The molecule has 0 saturated heterocycles. The van der Waals surface area contributed by atoms with Crippen LogP contribution in [0, 0.1) is 0 Å². The Morgan fingerprint density at radius 1 is 1.12 bits per heavy atom. The third-order valence-electron chi connectivity index (χ3n) is 2.16. The fraction of sp³-hybridized carbons (Fsp3) is 0.600. The molecule has 0 amide bonds. The number of hydrogen-bond acceptors (Lipinski definition) is 0. The quantitative estimate of drug-likeness (QED) is 0.649. The lowest BCUT2D eigenvalue weighted by atomic mass is 9.99. The number of benzene rings is 1. The minimum Gasteiger partial charge on any atom is -0.255 e. The Hall–Kier alpha value is -0.850. The van der Waals surface area contributed by atoms with Crippen LogP contribution in [-0.2, 0) is 6.42 Å². The Morgan fingerprint density at radius 3 is 2.12 bits per heavy atom. The molecule has 94 valence electrons. The van der Waals surface area contributed by atoms with Gasteiger partial charge >= 0.3 is 0 Å². The van der Waals surface area contributed by atoms with E-state index in [1.54, 1.807) is 0 Å². The van der Waals surface area contributed by atoms with Gasteiger partial charge in [0.15, 0.2) is 0 Å². The summed E-state index contributed by atoms with van der Waals surface area (Å²) in [5.41, 5.74) is 2.93. The highest BCUT2D eigenvalue weighted by Crippen LogP contribution is 2.16. The molecule has 0 aliphatic rings. The van der Waals surface area contributed by atoms with Crippen LogP contribution in [0.2, 0.25) is 0 Å². The first-order chi connectivity index (χ1) is 7.74. The summed E-state index contributed by atoms with van der Waals surface area (Å²) in [6, 6.07) is 8.92. The van der Waals surface area contributed by atoms with E-state index in [9.17, 15) is 4.39 Å². The van der Waals surface area contributed by atoms with Crippen molar-refractivity contribution in [2.24, 2.45) is 0 Å². The molecule has 0 aliphatic carbocycles. The van der Waals surface area contributed by atoms with Crippen molar-refractivity contribution in [3.63, 3.8) is 0 Å². The summed E-state index contributed by atoms with van der Waals surface area (Å²) < 4.78 is 9.50. The first-order valence-corrected chi connectivity index (χ1v) is 6.20. The van der Waals surface area contributed by atoms with E-state index in [1.807, 2.05) is 13.8 Å². The summed E-state index contributed by atoms with van der Waals surface area (Å²) in [6.45, 7) is 10.7. The molecule has 0 radical (unpaired) electrons. The second-order valence-electron chi connectivity index (χ2n) is 3.65. The summed E-state index contributed by atoms with van der Waals surface area (Å²) in [6.07, 6.45) is 2.45. The third kappa shape index (κ3) is 7.44. The second kappa shape index (κ2) is 12.2. The maximum Gasteiger partial charge on any atom is 0.0785 e. The average molecular weight is 226 g/mol. The Bertz CT molecular complexity index is 241.